The Kier molecular flexibility index (Phi) is 6.81. The fourth-order valence-electron chi connectivity index (χ4n) is 3.98. The van der Waals surface area contributed by atoms with Crippen molar-refractivity contribution in [2.75, 3.05) is 18.4 Å². The van der Waals surface area contributed by atoms with Crippen LogP contribution in [0.2, 0.25) is 0 Å². The highest BCUT2D eigenvalue weighted by atomic mass is 79.9. The minimum absolute atomic E-state index is 0.0697. The molecule has 0 bridgehead atoms. The number of halogens is 1. The van der Waals surface area contributed by atoms with Crippen molar-refractivity contribution in [3.63, 3.8) is 0 Å². The van der Waals surface area contributed by atoms with Crippen LogP contribution in [0.4, 0.5) is 10.5 Å². The summed E-state index contributed by atoms with van der Waals surface area (Å²) in [6.45, 7) is 4.23. The third kappa shape index (κ3) is 4.97. The van der Waals surface area contributed by atoms with Gasteiger partial charge < -0.3 is 4.74 Å². The second-order valence-electron chi connectivity index (χ2n) is 8.11. The monoisotopic (exact) mass is 498 g/mol. The number of anilines is 1. The molecule has 1 aliphatic rings. The zero-order valence-electron chi connectivity index (χ0n) is 18.3. The molecular formula is C24H27BrN4O3. The van der Waals surface area contributed by atoms with E-state index in [-0.39, 0.29) is 11.7 Å². The van der Waals surface area contributed by atoms with Gasteiger partial charge in [0.25, 0.3) is 5.56 Å². The van der Waals surface area contributed by atoms with Gasteiger partial charge in [0, 0.05) is 32.4 Å². The van der Waals surface area contributed by atoms with Crippen LogP contribution in [0.3, 0.4) is 0 Å². The summed E-state index contributed by atoms with van der Waals surface area (Å²) in [6.07, 6.45) is 0.980. The van der Waals surface area contributed by atoms with Crippen molar-refractivity contribution in [3.05, 3.63) is 80.7 Å². The molecule has 1 aromatic heterocycles. The average Bonchev–Trinajstić information content (AvgIpc) is 3.00. The number of nitrogens with zero attached hydrogens (tertiary/aromatic N) is 3. The third-order valence-electron chi connectivity index (χ3n) is 5.80. The molecule has 1 aliphatic heterocycles. The summed E-state index contributed by atoms with van der Waals surface area (Å²) in [7, 11) is 1.90. The number of likely N-dealkylation sites (tertiary alicyclic amines) is 1. The van der Waals surface area contributed by atoms with Crippen LogP contribution >= 0.6 is 15.9 Å². The van der Waals surface area contributed by atoms with Crippen LogP contribution in [0.1, 0.15) is 24.1 Å². The molecule has 8 heteroatoms. The van der Waals surface area contributed by atoms with E-state index in [9.17, 15) is 9.59 Å². The summed E-state index contributed by atoms with van der Waals surface area (Å²) in [4.78, 5) is 27.3. The first-order valence-electron chi connectivity index (χ1n) is 10.7. The summed E-state index contributed by atoms with van der Waals surface area (Å²) < 4.78 is 9.76. The van der Waals surface area contributed by atoms with Crippen LogP contribution in [0, 0.1) is 6.92 Å². The van der Waals surface area contributed by atoms with Gasteiger partial charge >= 0.3 is 6.09 Å². The molecule has 0 aliphatic carbocycles. The number of rotatable bonds is 5. The largest absolute Gasteiger partial charge is 0.446 e. The van der Waals surface area contributed by atoms with Gasteiger partial charge in [-0.3, -0.25) is 19.7 Å². The Morgan fingerprint density at radius 2 is 1.75 bits per heavy atom. The van der Waals surface area contributed by atoms with Gasteiger partial charge in [-0.2, -0.15) is 0 Å². The molecule has 3 aromatic rings. The van der Waals surface area contributed by atoms with E-state index >= 15 is 0 Å². The number of amides is 1. The number of piperidine rings is 1. The highest BCUT2D eigenvalue weighted by Gasteiger charge is 2.25. The van der Waals surface area contributed by atoms with Gasteiger partial charge in [-0.1, -0.05) is 35.9 Å². The Morgan fingerprint density at radius 1 is 1.09 bits per heavy atom. The minimum atomic E-state index is -0.419. The van der Waals surface area contributed by atoms with Gasteiger partial charge in [0.15, 0.2) is 0 Å². The molecule has 1 fully saturated rings. The zero-order valence-corrected chi connectivity index (χ0v) is 19.8. The lowest BCUT2D eigenvalue weighted by molar-refractivity contribution is 0.0559. The van der Waals surface area contributed by atoms with Crippen molar-refractivity contribution in [3.8, 4) is 5.69 Å². The Bertz CT molecular complexity index is 1130. The molecule has 168 valence electrons. The Balaban J connectivity index is 1.34. The molecule has 0 radical (unpaired) electrons. The summed E-state index contributed by atoms with van der Waals surface area (Å²) in [5.41, 5.74) is 3.56. The number of benzene rings is 2. The van der Waals surface area contributed by atoms with Crippen LogP contribution in [0.15, 0.2) is 63.9 Å². The van der Waals surface area contributed by atoms with Gasteiger partial charge in [-0.05, 0) is 60.0 Å². The van der Waals surface area contributed by atoms with E-state index in [0.29, 0.717) is 11.0 Å². The molecular weight excluding hydrogens is 472 g/mol. The number of carbonyl (C=O) groups excluding carboxylic acids is 1. The summed E-state index contributed by atoms with van der Waals surface area (Å²) in [5.74, 6) is 0. The maximum absolute atomic E-state index is 12.8. The summed E-state index contributed by atoms with van der Waals surface area (Å²) in [6, 6.07) is 17.2. The van der Waals surface area contributed by atoms with Crippen LogP contribution in [-0.2, 0) is 18.3 Å². The van der Waals surface area contributed by atoms with E-state index in [1.165, 1.54) is 0 Å². The zero-order chi connectivity index (χ0) is 22.7. The Hall–Kier alpha value is -2.84. The number of hydrogen-bond donors (Lipinski definition) is 1. The molecule has 2 aromatic carbocycles. The van der Waals surface area contributed by atoms with E-state index < -0.39 is 6.09 Å². The van der Waals surface area contributed by atoms with Crippen molar-refractivity contribution in [2.24, 2.45) is 7.05 Å². The van der Waals surface area contributed by atoms with E-state index in [4.69, 9.17) is 4.74 Å². The molecule has 1 N–H and O–H groups in total. The van der Waals surface area contributed by atoms with Crippen LogP contribution in [-0.4, -0.2) is 39.6 Å². The molecule has 0 atom stereocenters. The number of hydrogen-bond acceptors (Lipinski definition) is 4. The smallest absolute Gasteiger partial charge is 0.411 e. The van der Waals surface area contributed by atoms with Crippen molar-refractivity contribution in [1.29, 1.82) is 0 Å². The van der Waals surface area contributed by atoms with E-state index in [0.717, 1.165) is 48.6 Å². The Labute approximate surface area is 195 Å². The van der Waals surface area contributed by atoms with Crippen LogP contribution < -0.4 is 10.9 Å². The number of nitrogens with one attached hydrogen (secondary N) is 1. The molecule has 32 heavy (non-hydrogen) atoms. The van der Waals surface area contributed by atoms with Gasteiger partial charge in [0.2, 0.25) is 0 Å². The lowest BCUT2D eigenvalue weighted by atomic mass is 10.1. The van der Waals surface area contributed by atoms with E-state index in [1.807, 2.05) is 73.3 Å². The predicted molar refractivity (Wildman–Crippen MR) is 128 cm³/mol. The molecule has 7 nitrogen and oxygen atoms in total. The fraction of sp³-hybridized carbons (Fsp3) is 0.333. The van der Waals surface area contributed by atoms with Crippen molar-refractivity contribution in [1.82, 2.24) is 14.3 Å². The number of carbonyl (C=O) groups is 1. The number of aryl methyl sites for hydroxylation is 1. The minimum Gasteiger partial charge on any atom is -0.446 e. The number of para-hydroxylation sites is 1. The van der Waals surface area contributed by atoms with Crippen LogP contribution in [0.25, 0.3) is 5.69 Å². The lowest BCUT2D eigenvalue weighted by Crippen LogP contribution is -2.38. The molecule has 1 amide bonds. The average molecular weight is 499 g/mol. The topological polar surface area (TPSA) is 68.5 Å². The first kappa shape index (κ1) is 22.4. The Morgan fingerprint density at radius 3 is 2.41 bits per heavy atom. The molecule has 0 unspecified atom stereocenters. The molecule has 4 rings (SSSR count). The SMILES string of the molecule is Cc1ccc(NC(=O)OC2CCN(Cc3c(Br)c(=O)n(-c4ccccc4)n3C)CC2)cc1. The normalized spacial score (nSPS) is 15.0. The van der Waals surface area contributed by atoms with Gasteiger partial charge in [-0.15, -0.1) is 0 Å². The van der Waals surface area contributed by atoms with Gasteiger partial charge in [-0.25, -0.2) is 9.48 Å². The van der Waals surface area contributed by atoms with Crippen molar-refractivity contribution in [2.45, 2.75) is 32.4 Å². The highest BCUT2D eigenvalue weighted by Crippen LogP contribution is 2.21. The number of ether oxygens (including phenoxy) is 1. The maximum atomic E-state index is 12.8. The standard InChI is InChI=1S/C24H27BrN4O3/c1-17-8-10-18(11-9-17)26-24(31)32-20-12-14-28(15-13-20)16-21-22(25)23(30)29(27(21)2)19-6-4-3-5-7-19/h3-11,20H,12-16H2,1-2H3,(H,26,31). The highest BCUT2D eigenvalue weighted by molar-refractivity contribution is 9.10. The third-order valence-corrected chi connectivity index (χ3v) is 6.60. The van der Waals surface area contributed by atoms with E-state index in [2.05, 4.69) is 26.1 Å². The van der Waals surface area contributed by atoms with Gasteiger partial charge in [0.05, 0.1) is 11.4 Å². The quantitative estimate of drug-likeness (QED) is 0.563. The summed E-state index contributed by atoms with van der Waals surface area (Å²) in [5, 5.41) is 2.79. The fourth-order valence-corrected chi connectivity index (χ4v) is 4.53. The molecule has 2 heterocycles. The van der Waals surface area contributed by atoms with Gasteiger partial charge in [0.1, 0.15) is 10.6 Å². The van der Waals surface area contributed by atoms with Crippen molar-refractivity contribution < 1.29 is 9.53 Å². The maximum Gasteiger partial charge on any atom is 0.411 e. The first-order chi connectivity index (χ1) is 15.4. The second kappa shape index (κ2) is 9.75. The molecule has 0 spiro atoms. The van der Waals surface area contributed by atoms with Crippen LogP contribution in [0.5, 0.6) is 0 Å². The lowest BCUT2D eigenvalue weighted by Gasteiger charge is -2.31. The number of aromatic nitrogens is 2. The van der Waals surface area contributed by atoms with Crippen molar-refractivity contribution >= 4 is 27.7 Å². The molecule has 1 saturated heterocycles. The van der Waals surface area contributed by atoms with E-state index in [1.54, 1.807) is 4.68 Å². The second-order valence-corrected chi connectivity index (χ2v) is 8.90. The first-order valence-corrected chi connectivity index (χ1v) is 11.5. The summed E-state index contributed by atoms with van der Waals surface area (Å²) >= 11 is 3.50. The predicted octanol–water partition coefficient (Wildman–Crippen LogP) is 4.46. The molecule has 0 saturated carbocycles.